The zero-order valence-corrected chi connectivity index (χ0v) is 19.1. The summed E-state index contributed by atoms with van der Waals surface area (Å²) in [7, 11) is 1.54. The molecule has 0 saturated carbocycles. The minimum Gasteiger partial charge on any atom is -0.504 e. The molecule has 0 radical (unpaired) electrons. The molecule has 0 saturated heterocycles. The zero-order chi connectivity index (χ0) is 22.6. The van der Waals surface area contributed by atoms with Crippen molar-refractivity contribution in [1.82, 2.24) is 0 Å². The van der Waals surface area contributed by atoms with E-state index in [-0.39, 0.29) is 11.3 Å². The van der Waals surface area contributed by atoms with Crippen molar-refractivity contribution in [2.45, 2.75) is 26.3 Å². The van der Waals surface area contributed by atoms with Crippen LogP contribution in [0.4, 0.5) is 5.69 Å². The van der Waals surface area contributed by atoms with Crippen LogP contribution in [0.1, 0.15) is 47.1 Å². The van der Waals surface area contributed by atoms with E-state index in [9.17, 15) is 9.90 Å². The molecule has 3 heterocycles. The Morgan fingerprint density at radius 1 is 1.12 bits per heavy atom. The number of anilines is 1. The molecule has 0 aliphatic carbocycles. The summed E-state index contributed by atoms with van der Waals surface area (Å²) < 4.78 is 12.0. The van der Waals surface area contributed by atoms with Gasteiger partial charge in [0.1, 0.15) is 11.5 Å². The fourth-order valence-corrected chi connectivity index (χ4v) is 5.40. The lowest BCUT2D eigenvalue weighted by Gasteiger charge is -2.35. The van der Waals surface area contributed by atoms with E-state index in [2.05, 4.69) is 38.2 Å². The maximum Gasteiger partial charge on any atom is 0.172 e. The van der Waals surface area contributed by atoms with Gasteiger partial charge in [-0.2, -0.15) is 0 Å². The van der Waals surface area contributed by atoms with Crippen LogP contribution in [0.25, 0.3) is 28.5 Å². The molecule has 0 fully saturated rings. The smallest absolute Gasteiger partial charge is 0.172 e. The van der Waals surface area contributed by atoms with Gasteiger partial charge in [0.15, 0.2) is 17.8 Å². The number of phenolic OH excluding ortho intramolecular Hbond substituents is 1. The average molecular weight is 446 g/mol. The number of carbonyl (C=O) groups excluding carboxylic acids is 1. The Kier molecular flexibility index (Phi) is 4.64. The van der Waals surface area contributed by atoms with Crippen molar-refractivity contribution in [1.29, 1.82) is 0 Å². The summed E-state index contributed by atoms with van der Waals surface area (Å²) in [5.41, 5.74) is 6.13. The van der Waals surface area contributed by atoms with Crippen LogP contribution in [-0.2, 0) is 0 Å². The SMILES string of the molecule is COc1c(O)ccc2c1-c1ccc3c(c1/C(=C/c1sccc1C=O)O2)C(C)=CC(C)(C)N3. The highest BCUT2D eigenvalue weighted by Gasteiger charge is 2.33. The first-order chi connectivity index (χ1) is 15.3. The van der Waals surface area contributed by atoms with Gasteiger partial charge in [0.25, 0.3) is 0 Å². The number of benzene rings is 2. The third-order valence-electron chi connectivity index (χ3n) is 5.79. The second-order valence-electron chi connectivity index (χ2n) is 8.54. The Balaban J connectivity index is 1.85. The maximum atomic E-state index is 11.5. The van der Waals surface area contributed by atoms with Crippen molar-refractivity contribution in [2.75, 3.05) is 12.4 Å². The number of thiophene rings is 1. The number of rotatable bonds is 3. The van der Waals surface area contributed by atoms with E-state index in [1.807, 2.05) is 17.5 Å². The highest BCUT2D eigenvalue weighted by Crippen LogP contribution is 2.54. The van der Waals surface area contributed by atoms with E-state index in [1.165, 1.54) is 18.4 Å². The van der Waals surface area contributed by atoms with E-state index < -0.39 is 0 Å². The van der Waals surface area contributed by atoms with Gasteiger partial charge in [-0.1, -0.05) is 12.1 Å². The molecular weight excluding hydrogens is 422 g/mol. The number of aromatic hydroxyl groups is 1. The molecule has 32 heavy (non-hydrogen) atoms. The van der Waals surface area contributed by atoms with Crippen molar-refractivity contribution in [3.8, 4) is 28.4 Å². The number of hydrogen-bond donors (Lipinski definition) is 2. The molecule has 0 unspecified atom stereocenters. The van der Waals surface area contributed by atoms with Crippen LogP contribution in [0.2, 0.25) is 0 Å². The third kappa shape index (κ3) is 3.10. The number of phenols is 1. The highest BCUT2D eigenvalue weighted by atomic mass is 32.1. The Bertz CT molecular complexity index is 1330. The summed E-state index contributed by atoms with van der Waals surface area (Å²) in [6.45, 7) is 6.35. The first kappa shape index (κ1) is 20.4. The van der Waals surface area contributed by atoms with Gasteiger partial charge in [-0.05, 0) is 62.1 Å². The van der Waals surface area contributed by atoms with E-state index in [0.717, 1.165) is 39.1 Å². The molecule has 0 atom stereocenters. The van der Waals surface area contributed by atoms with Gasteiger partial charge < -0.3 is 19.9 Å². The van der Waals surface area contributed by atoms with E-state index in [0.29, 0.717) is 28.4 Å². The van der Waals surface area contributed by atoms with Gasteiger partial charge in [0.05, 0.1) is 18.2 Å². The summed E-state index contributed by atoms with van der Waals surface area (Å²) in [5, 5.41) is 15.9. The molecule has 5 nitrogen and oxygen atoms in total. The van der Waals surface area contributed by atoms with Crippen molar-refractivity contribution in [3.05, 3.63) is 63.4 Å². The Morgan fingerprint density at radius 3 is 2.69 bits per heavy atom. The number of carbonyl (C=O) groups is 1. The highest BCUT2D eigenvalue weighted by molar-refractivity contribution is 7.11. The summed E-state index contributed by atoms with van der Waals surface area (Å²) in [5.74, 6) is 1.67. The predicted octanol–water partition coefficient (Wildman–Crippen LogP) is 6.44. The van der Waals surface area contributed by atoms with Crippen LogP contribution in [0, 0.1) is 0 Å². The fraction of sp³-hybridized carbons (Fsp3) is 0.192. The molecule has 2 N–H and O–H groups in total. The van der Waals surface area contributed by atoms with Crippen LogP contribution in [0.5, 0.6) is 17.2 Å². The van der Waals surface area contributed by atoms with E-state index in [4.69, 9.17) is 9.47 Å². The summed E-state index contributed by atoms with van der Waals surface area (Å²) in [4.78, 5) is 12.4. The Morgan fingerprint density at radius 2 is 1.94 bits per heavy atom. The number of fused-ring (bicyclic) bond motifs is 5. The van der Waals surface area contributed by atoms with Gasteiger partial charge in [-0.15, -0.1) is 11.3 Å². The molecule has 3 aromatic rings. The number of aldehydes is 1. The number of methoxy groups -OCH3 is 1. The third-order valence-corrected chi connectivity index (χ3v) is 6.67. The van der Waals surface area contributed by atoms with E-state index in [1.54, 1.807) is 18.2 Å². The first-order valence-corrected chi connectivity index (χ1v) is 11.2. The first-order valence-electron chi connectivity index (χ1n) is 10.3. The van der Waals surface area contributed by atoms with Crippen molar-refractivity contribution < 1.29 is 19.4 Å². The zero-order valence-electron chi connectivity index (χ0n) is 18.3. The quantitative estimate of drug-likeness (QED) is 0.454. The topological polar surface area (TPSA) is 67.8 Å². The fourth-order valence-electron chi connectivity index (χ4n) is 4.61. The predicted molar refractivity (Wildman–Crippen MR) is 130 cm³/mol. The molecule has 2 aliphatic rings. The summed E-state index contributed by atoms with van der Waals surface area (Å²) >= 11 is 1.49. The second kappa shape index (κ2) is 7.28. The summed E-state index contributed by atoms with van der Waals surface area (Å²) in [6.07, 6.45) is 4.98. The van der Waals surface area contributed by atoms with Crippen LogP contribution in [-0.4, -0.2) is 24.0 Å². The molecule has 1 aromatic heterocycles. The molecule has 5 rings (SSSR count). The largest absolute Gasteiger partial charge is 0.504 e. The van der Waals surface area contributed by atoms with Crippen LogP contribution >= 0.6 is 11.3 Å². The lowest BCUT2D eigenvalue weighted by Crippen LogP contribution is -2.32. The van der Waals surface area contributed by atoms with Gasteiger partial charge in [-0.3, -0.25) is 4.79 Å². The Labute approximate surface area is 190 Å². The van der Waals surface area contributed by atoms with Crippen molar-refractivity contribution in [3.63, 3.8) is 0 Å². The van der Waals surface area contributed by atoms with Crippen LogP contribution < -0.4 is 14.8 Å². The molecule has 0 bridgehead atoms. The standard InChI is InChI=1S/C26H23NO4S/c1-14-12-26(2,3)27-17-6-5-16-23(22(14)17)20(11-21-15(13-28)9-10-32-21)31-19-8-7-18(29)25(30-4)24(16)19/h5-13,27,29H,1-4H3/b20-11-. The number of allylic oxidation sites excluding steroid dienone is 1. The molecule has 6 heteroatoms. The normalized spacial score (nSPS) is 16.8. The minimum absolute atomic E-state index is 0.0546. The summed E-state index contributed by atoms with van der Waals surface area (Å²) in [6, 6.07) is 9.20. The minimum atomic E-state index is -0.184. The second-order valence-corrected chi connectivity index (χ2v) is 9.49. The monoisotopic (exact) mass is 445 g/mol. The molecule has 2 aliphatic heterocycles. The number of hydrogen-bond acceptors (Lipinski definition) is 6. The van der Waals surface area contributed by atoms with Gasteiger partial charge in [-0.25, -0.2) is 0 Å². The van der Waals surface area contributed by atoms with Crippen LogP contribution in [0.15, 0.2) is 41.8 Å². The van der Waals surface area contributed by atoms with Crippen LogP contribution in [0.3, 0.4) is 0 Å². The number of ether oxygens (including phenoxy) is 2. The lowest BCUT2D eigenvalue weighted by atomic mass is 9.83. The lowest BCUT2D eigenvalue weighted by molar-refractivity contribution is 0.112. The molecule has 2 aromatic carbocycles. The molecule has 0 amide bonds. The van der Waals surface area contributed by atoms with E-state index >= 15 is 0 Å². The molecular formula is C26H23NO4S. The van der Waals surface area contributed by atoms with Gasteiger partial charge in [0.2, 0.25) is 0 Å². The van der Waals surface area contributed by atoms with Gasteiger partial charge in [0, 0.05) is 32.8 Å². The van der Waals surface area contributed by atoms with Crippen molar-refractivity contribution in [2.24, 2.45) is 0 Å². The van der Waals surface area contributed by atoms with Gasteiger partial charge >= 0.3 is 0 Å². The molecule has 162 valence electrons. The molecule has 0 spiro atoms. The maximum absolute atomic E-state index is 11.5. The van der Waals surface area contributed by atoms with Crippen molar-refractivity contribution >= 4 is 40.7 Å². The number of nitrogens with one attached hydrogen (secondary N) is 1. The average Bonchev–Trinajstić information content (AvgIpc) is 3.19. The Hall–Kier alpha value is -3.51.